The maximum absolute atomic E-state index is 12.6. The summed E-state index contributed by atoms with van der Waals surface area (Å²) in [5.41, 5.74) is 1.21. The zero-order valence-corrected chi connectivity index (χ0v) is 18.6. The number of aromatic nitrogens is 2. The van der Waals surface area contributed by atoms with E-state index in [9.17, 15) is 14.4 Å². The molecule has 2 N–H and O–H groups in total. The number of hydrogen-bond acceptors (Lipinski definition) is 5. The molecule has 3 aromatic rings. The van der Waals surface area contributed by atoms with E-state index >= 15 is 0 Å². The summed E-state index contributed by atoms with van der Waals surface area (Å²) in [5.74, 6) is 0.735. The molecule has 0 aliphatic carbocycles. The standard InChI is InChI=1S/C24H28N4O4/c1-4-18(16-9-6-8-12-20(16)32-15-23(30)28(2)3)26-22(29)14-13-21-25-19-11-7-5-10-17(19)24(31)27-21/h5-12,18H,4,13-15H2,1-3H3,(H,26,29)(H,25,27,31)/t18-/m0/s1. The Labute approximate surface area is 186 Å². The lowest BCUT2D eigenvalue weighted by Crippen LogP contribution is -2.30. The van der Waals surface area contributed by atoms with Gasteiger partial charge in [-0.2, -0.15) is 0 Å². The Balaban J connectivity index is 1.65. The molecular formula is C24H28N4O4. The van der Waals surface area contributed by atoms with Crippen LogP contribution in [0.2, 0.25) is 0 Å². The molecule has 0 spiro atoms. The smallest absolute Gasteiger partial charge is 0.259 e. The molecule has 0 unspecified atom stereocenters. The molecule has 2 amide bonds. The van der Waals surface area contributed by atoms with E-state index in [0.717, 1.165) is 5.56 Å². The number of benzene rings is 2. The maximum Gasteiger partial charge on any atom is 0.259 e. The molecule has 8 heteroatoms. The quantitative estimate of drug-likeness (QED) is 0.537. The highest BCUT2D eigenvalue weighted by molar-refractivity contribution is 5.78. The van der Waals surface area contributed by atoms with Gasteiger partial charge >= 0.3 is 0 Å². The van der Waals surface area contributed by atoms with Crippen molar-refractivity contribution in [3.63, 3.8) is 0 Å². The van der Waals surface area contributed by atoms with E-state index in [2.05, 4.69) is 15.3 Å². The van der Waals surface area contributed by atoms with Gasteiger partial charge in [-0.1, -0.05) is 37.3 Å². The Kier molecular flexibility index (Phi) is 7.59. The number of amides is 2. The van der Waals surface area contributed by atoms with Crippen molar-refractivity contribution >= 4 is 22.7 Å². The summed E-state index contributed by atoms with van der Waals surface area (Å²) < 4.78 is 5.72. The highest BCUT2D eigenvalue weighted by Crippen LogP contribution is 2.27. The molecule has 3 rings (SSSR count). The van der Waals surface area contributed by atoms with Crippen LogP contribution in [0, 0.1) is 0 Å². The molecule has 8 nitrogen and oxygen atoms in total. The molecule has 0 aliphatic heterocycles. The first-order valence-corrected chi connectivity index (χ1v) is 10.6. The van der Waals surface area contributed by atoms with Crippen LogP contribution in [0.15, 0.2) is 53.3 Å². The molecule has 0 saturated carbocycles. The van der Waals surface area contributed by atoms with Gasteiger partial charge in [-0.05, 0) is 24.6 Å². The van der Waals surface area contributed by atoms with Gasteiger partial charge in [0.2, 0.25) is 5.91 Å². The van der Waals surface area contributed by atoms with E-state index in [4.69, 9.17) is 4.74 Å². The number of ether oxygens (including phenoxy) is 1. The Hall–Kier alpha value is -3.68. The number of carbonyl (C=O) groups is 2. The van der Waals surface area contributed by atoms with Crippen LogP contribution in [0.5, 0.6) is 5.75 Å². The van der Waals surface area contributed by atoms with Crippen LogP contribution in [0.3, 0.4) is 0 Å². The lowest BCUT2D eigenvalue weighted by Gasteiger charge is -2.21. The molecule has 0 fully saturated rings. The summed E-state index contributed by atoms with van der Waals surface area (Å²) >= 11 is 0. The monoisotopic (exact) mass is 436 g/mol. The molecule has 0 saturated heterocycles. The molecule has 168 valence electrons. The number of nitrogens with one attached hydrogen (secondary N) is 2. The second kappa shape index (κ2) is 10.6. The van der Waals surface area contributed by atoms with Crippen molar-refractivity contribution in [2.75, 3.05) is 20.7 Å². The molecule has 0 aliphatic rings. The van der Waals surface area contributed by atoms with Crippen molar-refractivity contribution in [3.05, 3.63) is 70.3 Å². The summed E-state index contributed by atoms with van der Waals surface area (Å²) in [6.45, 7) is 1.89. The van der Waals surface area contributed by atoms with Crippen LogP contribution in [0.4, 0.5) is 0 Å². The Bertz CT molecular complexity index is 1160. The number of fused-ring (bicyclic) bond motifs is 1. The Morgan fingerprint density at radius 3 is 2.59 bits per heavy atom. The highest BCUT2D eigenvalue weighted by atomic mass is 16.5. The van der Waals surface area contributed by atoms with E-state index in [1.807, 2.05) is 31.2 Å². The summed E-state index contributed by atoms with van der Waals surface area (Å²) in [5, 5.41) is 3.55. The van der Waals surface area contributed by atoms with Crippen molar-refractivity contribution in [2.45, 2.75) is 32.2 Å². The average Bonchev–Trinajstić information content (AvgIpc) is 2.80. The Morgan fingerprint density at radius 1 is 1.12 bits per heavy atom. The van der Waals surface area contributed by atoms with Crippen LogP contribution in [0.25, 0.3) is 10.9 Å². The van der Waals surface area contributed by atoms with E-state index in [-0.39, 0.29) is 36.4 Å². The molecule has 2 aromatic carbocycles. The third kappa shape index (κ3) is 5.72. The lowest BCUT2D eigenvalue weighted by molar-refractivity contribution is -0.130. The number of nitrogens with zero attached hydrogens (tertiary/aromatic N) is 2. The molecule has 32 heavy (non-hydrogen) atoms. The van der Waals surface area contributed by atoms with Crippen LogP contribution in [-0.4, -0.2) is 47.4 Å². The summed E-state index contributed by atoms with van der Waals surface area (Å²) in [6, 6.07) is 14.2. The van der Waals surface area contributed by atoms with Crippen LogP contribution < -0.4 is 15.6 Å². The van der Waals surface area contributed by atoms with Crippen LogP contribution in [-0.2, 0) is 16.0 Å². The van der Waals surface area contributed by atoms with Crippen molar-refractivity contribution in [3.8, 4) is 5.75 Å². The molecule has 1 aromatic heterocycles. The minimum Gasteiger partial charge on any atom is -0.483 e. The molecule has 1 atom stereocenters. The van der Waals surface area contributed by atoms with E-state index in [1.54, 1.807) is 38.4 Å². The number of H-pyrrole nitrogens is 1. The van der Waals surface area contributed by atoms with Gasteiger partial charge in [-0.25, -0.2) is 4.98 Å². The SMILES string of the molecule is CC[C@H](NC(=O)CCc1nc2ccccc2c(=O)[nH]1)c1ccccc1OCC(=O)N(C)C. The number of likely N-dealkylation sites (N-methyl/N-ethyl adjacent to an activating group) is 1. The van der Waals surface area contributed by atoms with Crippen molar-refractivity contribution in [1.29, 1.82) is 0 Å². The zero-order valence-electron chi connectivity index (χ0n) is 18.6. The second-order valence-electron chi connectivity index (χ2n) is 7.67. The van der Waals surface area contributed by atoms with Gasteiger partial charge in [0, 0.05) is 32.5 Å². The first-order valence-electron chi connectivity index (χ1n) is 10.6. The number of hydrogen-bond donors (Lipinski definition) is 2. The van der Waals surface area contributed by atoms with Gasteiger partial charge in [0.1, 0.15) is 11.6 Å². The second-order valence-corrected chi connectivity index (χ2v) is 7.67. The maximum atomic E-state index is 12.6. The predicted octanol–water partition coefficient (Wildman–Crippen LogP) is 2.59. The molecule has 1 heterocycles. The molecule has 0 radical (unpaired) electrons. The number of para-hydroxylation sites is 2. The Morgan fingerprint density at radius 2 is 1.84 bits per heavy atom. The van der Waals surface area contributed by atoms with Gasteiger partial charge in [0.05, 0.1) is 16.9 Å². The van der Waals surface area contributed by atoms with Crippen LogP contribution >= 0.6 is 0 Å². The topological polar surface area (TPSA) is 104 Å². The van der Waals surface area contributed by atoms with Gasteiger partial charge < -0.3 is 19.9 Å². The third-order valence-corrected chi connectivity index (χ3v) is 5.14. The van der Waals surface area contributed by atoms with Crippen molar-refractivity contribution < 1.29 is 14.3 Å². The first kappa shape index (κ1) is 23.0. The van der Waals surface area contributed by atoms with Gasteiger partial charge in [-0.3, -0.25) is 14.4 Å². The van der Waals surface area contributed by atoms with Gasteiger partial charge in [-0.15, -0.1) is 0 Å². The third-order valence-electron chi connectivity index (χ3n) is 5.14. The van der Waals surface area contributed by atoms with E-state index < -0.39 is 0 Å². The summed E-state index contributed by atoms with van der Waals surface area (Å²) in [4.78, 5) is 45.4. The fraction of sp³-hybridized carbons (Fsp3) is 0.333. The number of aryl methyl sites for hydroxylation is 1. The number of aromatic amines is 1. The van der Waals surface area contributed by atoms with E-state index in [0.29, 0.717) is 35.3 Å². The lowest BCUT2D eigenvalue weighted by atomic mass is 10.0. The van der Waals surface area contributed by atoms with Crippen molar-refractivity contribution in [2.24, 2.45) is 0 Å². The largest absolute Gasteiger partial charge is 0.483 e. The first-order chi connectivity index (χ1) is 15.4. The zero-order chi connectivity index (χ0) is 23.1. The molecule has 0 bridgehead atoms. The van der Waals surface area contributed by atoms with E-state index in [1.165, 1.54) is 4.90 Å². The minimum atomic E-state index is -0.267. The average molecular weight is 437 g/mol. The predicted molar refractivity (Wildman–Crippen MR) is 122 cm³/mol. The van der Waals surface area contributed by atoms with Crippen molar-refractivity contribution in [1.82, 2.24) is 20.2 Å². The van der Waals surface area contributed by atoms with Gasteiger partial charge in [0.15, 0.2) is 6.61 Å². The fourth-order valence-electron chi connectivity index (χ4n) is 3.32. The number of rotatable bonds is 9. The normalized spacial score (nSPS) is 11.7. The summed E-state index contributed by atoms with van der Waals surface area (Å²) in [6.07, 6.45) is 1.15. The molecular weight excluding hydrogens is 408 g/mol. The highest BCUT2D eigenvalue weighted by Gasteiger charge is 2.18. The number of carbonyl (C=O) groups excluding carboxylic acids is 2. The van der Waals surface area contributed by atoms with Crippen LogP contribution in [0.1, 0.15) is 37.2 Å². The summed E-state index contributed by atoms with van der Waals surface area (Å²) in [7, 11) is 3.34. The van der Waals surface area contributed by atoms with Gasteiger partial charge in [0.25, 0.3) is 11.5 Å². The minimum absolute atomic E-state index is 0.0740. The fourth-order valence-corrected chi connectivity index (χ4v) is 3.32.